The van der Waals surface area contributed by atoms with Crippen LogP contribution in [-0.4, -0.2) is 19.1 Å². The zero-order valence-corrected chi connectivity index (χ0v) is 14.3. The summed E-state index contributed by atoms with van der Waals surface area (Å²) in [4.78, 5) is 2.45. The summed E-state index contributed by atoms with van der Waals surface area (Å²) in [6, 6.07) is 21.4. The largest absolute Gasteiger partial charge is 0.370 e. The summed E-state index contributed by atoms with van der Waals surface area (Å²) in [5, 5.41) is 0. The molecular formula is C21H30N2. The molecule has 2 heteroatoms. The van der Waals surface area contributed by atoms with E-state index in [9.17, 15) is 0 Å². The fraction of sp³-hybridized carbons (Fsp3) is 0.429. The Morgan fingerprint density at radius 3 is 2.17 bits per heavy atom. The molecule has 124 valence electrons. The summed E-state index contributed by atoms with van der Waals surface area (Å²) >= 11 is 0. The van der Waals surface area contributed by atoms with Gasteiger partial charge in [0.05, 0.1) is 0 Å². The molecule has 2 aromatic carbocycles. The summed E-state index contributed by atoms with van der Waals surface area (Å²) in [5.74, 6) is 0. The zero-order chi connectivity index (χ0) is 16.3. The van der Waals surface area contributed by atoms with Crippen molar-refractivity contribution in [3.8, 4) is 0 Å². The Morgan fingerprint density at radius 1 is 0.870 bits per heavy atom. The normalized spacial score (nSPS) is 12.1. The molecule has 0 fully saturated rings. The van der Waals surface area contributed by atoms with E-state index in [0.29, 0.717) is 0 Å². The maximum Gasteiger partial charge on any atom is 0.0366 e. The van der Waals surface area contributed by atoms with Gasteiger partial charge in [0.2, 0.25) is 0 Å². The van der Waals surface area contributed by atoms with E-state index in [1.165, 1.54) is 36.9 Å². The molecule has 0 spiro atoms. The van der Waals surface area contributed by atoms with E-state index in [1.54, 1.807) is 0 Å². The molecular weight excluding hydrogens is 280 g/mol. The third-order valence-electron chi connectivity index (χ3n) is 4.20. The fourth-order valence-corrected chi connectivity index (χ4v) is 2.96. The SMILES string of the molecule is CCCCCCN(CC(N)Cc1ccccc1)c1ccccc1. The van der Waals surface area contributed by atoms with Crippen LogP contribution in [0, 0.1) is 0 Å². The van der Waals surface area contributed by atoms with Gasteiger partial charge in [0.1, 0.15) is 0 Å². The van der Waals surface area contributed by atoms with Crippen molar-refractivity contribution in [3.05, 3.63) is 66.2 Å². The van der Waals surface area contributed by atoms with Gasteiger partial charge in [-0.25, -0.2) is 0 Å². The van der Waals surface area contributed by atoms with Gasteiger partial charge in [-0.15, -0.1) is 0 Å². The first-order valence-corrected chi connectivity index (χ1v) is 8.89. The van der Waals surface area contributed by atoms with Crippen molar-refractivity contribution in [3.63, 3.8) is 0 Å². The van der Waals surface area contributed by atoms with Crippen LogP contribution in [-0.2, 0) is 6.42 Å². The van der Waals surface area contributed by atoms with E-state index in [0.717, 1.165) is 19.5 Å². The van der Waals surface area contributed by atoms with E-state index in [4.69, 9.17) is 5.73 Å². The Labute approximate surface area is 141 Å². The van der Waals surface area contributed by atoms with Crippen LogP contribution in [0.1, 0.15) is 38.2 Å². The number of nitrogens with zero attached hydrogens (tertiary/aromatic N) is 1. The first-order valence-electron chi connectivity index (χ1n) is 8.89. The molecule has 0 aromatic heterocycles. The molecule has 0 aliphatic carbocycles. The van der Waals surface area contributed by atoms with Crippen molar-refractivity contribution in [2.24, 2.45) is 5.73 Å². The second-order valence-electron chi connectivity index (χ2n) is 6.29. The standard InChI is InChI=1S/C21H30N2/c1-2-3-4-11-16-23(21-14-9-6-10-15-21)18-20(22)17-19-12-7-5-8-13-19/h5-10,12-15,20H,2-4,11,16-18,22H2,1H3. The molecule has 2 nitrogen and oxygen atoms in total. The van der Waals surface area contributed by atoms with Crippen LogP contribution in [0.25, 0.3) is 0 Å². The van der Waals surface area contributed by atoms with Crippen molar-refractivity contribution >= 4 is 5.69 Å². The maximum atomic E-state index is 6.43. The Balaban J connectivity index is 1.93. The first-order chi connectivity index (χ1) is 11.3. The van der Waals surface area contributed by atoms with Crippen LogP contribution < -0.4 is 10.6 Å². The quantitative estimate of drug-likeness (QED) is 0.648. The first kappa shape index (κ1) is 17.6. The smallest absolute Gasteiger partial charge is 0.0366 e. The minimum atomic E-state index is 0.156. The summed E-state index contributed by atoms with van der Waals surface area (Å²) in [6.07, 6.45) is 6.06. The van der Waals surface area contributed by atoms with Gasteiger partial charge >= 0.3 is 0 Å². The van der Waals surface area contributed by atoms with E-state index in [-0.39, 0.29) is 6.04 Å². The van der Waals surface area contributed by atoms with Crippen LogP contribution in [0.3, 0.4) is 0 Å². The number of rotatable bonds is 10. The number of hydrogen-bond acceptors (Lipinski definition) is 2. The van der Waals surface area contributed by atoms with E-state index in [1.807, 2.05) is 0 Å². The van der Waals surface area contributed by atoms with Gasteiger partial charge in [0, 0.05) is 24.8 Å². The zero-order valence-electron chi connectivity index (χ0n) is 14.3. The van der Waals surface area contributed by atoms with Gasteiger partial charge < -0.3 is 10.6 Å². The van der Waals surface area contributed by atoms with Crippen molar-refractivity contribution < 1.29 is 0 Å². The van der Waals surface area contributed by atoms with Gasteiger partial charge in [0.15, 0.2) is 0 Å². The molecule has 0 saturated heterocycles. The van der Waals surface area contributed by atoms with Gasteiger partial charge in [-0.1, -0.05) is 74.7 Å². The van der Waals surface area contributed by atoms with Crippen LogP contribution in [0.4, 0.5) is 5.69 Å². The number of benzene rings is 2. The van der Waals surface area contributed by atoms with Crippen molar-refractivity contribution in [2.75, 3.05) is 18.0 Å². The second-order valence-corrected chi connectivity index (χ2v) is 6.29. The molecule has 0 aliphatic heterocycles. The maximum absolute atomic E-state index is 6.43. The molecule has 0 bridgehead atoms. The van der Waals surface area contributed by atoms with Gasteiger partial charge in [-0.05, 0) is 30.5 Å². The highest BCUT2D eigenvalue weighted by Crippen LogP contribution is 2.16. The summed E-state index contributed by atoms with van der Waals surface area (Å²) in [6.45, 7) is 4.25. The topological polar surface area (TPSA) is 29.3 Å². The highest BCUT2D eigenvalue weighted by Gasteiger charge is 2.12. The molecule has 0 amide bonds. The Morgan fingerprint density at radius 2 is 1.52 bits per heavy atom. The van der Waals surface area contributed by atoms with E-state index in [2.05, 4.69) is 72.5 Å². The number of hydrogen-bond donors (Lipinski definition) is 1. The monoisotopic (exact) mass is 310 g/mol. The lowest BCUT2D eigenvalue weighted by Crippen LogP contribution is -2.39. The molecule has 23 heavy (non-hydrogen) atoms. The average Bonchev–Trinajstić information content (AvgIpc) is 2.59. The third-order valence-corrected chi connectivity index (χ3v) is 4.20. The lowest BCUT2D eigenvalue weighted by molar-refractivity contribution is 0.594. The minimum Gasteiger partial charge on any atom is -0.370 e. The number of unbranched alkanes of at least 4 members (excludes halogenated alkanes) is 3. The average molecular weight is 310 g/mol. The van der Waals surface area contributed by atoms with Gasteiger partial charge in [-0.2, -0.15) is 0 Å². The Kier molecular flexibility index (Phi) is 7.68. The minimum absolute atomic E-state index is 0.156. The van der Waals surface area contributed by atoms with Gasteiger partial charge in [-0.3, -0.25) is 0 Å². The predicted molar refractivity (Wildman–Crippen MR) is 101 cm³/mol. The highest BCUT2D eigenvalue weighted by molar-refractivity contribution is 5.46. The van der Waals surface area contributed by atoms with E-state index < -0.39 is 0 Å². The van der Waals surface area contributed by atoms with Crippen molar-refractivity contribution in [2.45, 2.75) is 45.1 Å². The number of para-hydroxylation sites is 1. The van der Waals surface area contributed by atoms with E-state index >= 15 is 0 Å². The molecule has 0 aliphatic rings. The van der Waals surface area contributed by atoms with Crippen LogP contribution in [0.15, 0.2) is 60.7 Å². The molecule has 0 heterocycles. The van der Waals surface area contributed by atoms with Crippen LogP contribution in [0.5, 0.6) is 0 Å². The third kappa shape index (κ3) is 6.45. The lowest BCUT2D eigenvalue weighted by atomic mass is 10.1. The van der Waals surface area contributed by atoms with Crippen molar-refractivity contribution in [1.29, 1.82) is 0 Å². The highest BCUT2D eigenvalue weighted by atomic mass is 15.1. The van der Waals surface area contributed by atoms with Gasteiger partial charge in [0.25, 0.3) is 0 Å². The Hall–Kier alpha value is -1.80. The molecule has 2 N–H and O–H groups in total. The summed E-state index contributed by atoms with van der Waals surface area (Å²) in [7, 11) is 0. The van der Waals surface area contributed by atoms with Crippen LogP contribution in [0.2, 0.25) is 0 Å². The molecule has 2 rings (SSSR count). The predicted octanol–water partition coefficient (Wildman–Crippen LogP) is 4.64. The van der Waals surface area contributed by atoms with Crippen LogP contribution >= 0.6 is 0 Å². The fourth-order valence-electron chi connectivity index (χ4n) is 2.96. The lowest BCUT2D eigenvalue weighted by Gasteiger charge is -2.28. The summed E-state index contributed by atoms with van der Waals surface area (Å²) in [5.41, 5.74) is 9.04. The number of anilines is 1. The molecule has 1 atom stereocenters. The summed E-state index contributed by atoms with van der Waals surface area (Å²) < 4.78 is 0. The molecule has 0 saturated carbocycles. The molecule has 2 aromatic rings. The second kappa shape index (κ2) is 10.1. The molecule has 0 radical (unpaired) electrons. The number of nitrogens with two attached hydrogens (primary N) is 1. The van der Waals surface area contributed by atoms with Crippen molar-refractivity contribution in [1.82, 2.24) is 0 Å². The Bertz CT molecular complexity index is 524. The molecule has 1 unspecified atom stereocenters.